The van der Waals surface area contributed by atoms with Gasteiger partial charge in [0.15, 0.2) is 11.3 Å². The van der Waals surface area contributed by atoms with Crippen molar-refractivity contribution >= 4 is 34.8 Å². The quantitative estimate of drug-likeness (QED) is 0.715. The van der Waals surface area contributed by atoms with Crippen molar-refractivity contribution in [1.82, 2.24) is 14.6 Å². The van der Waals surface area contributed by atoms with Crippen molar-refractivity contribution in [1.29, 1.82) is 0 Å². The molecular formula is C16H13Cl2N3O3. The van der Waals surface area contributed by atoms with Crippen LogP contribution in [0.5, 0.6) is 5.88 Å². The number of benzene rings is 1. The minimum atomic E-state index is -0.605. The van der Waals surface area contributed by atoms with Gasteiger partial charge in [-0.2, -0.15) is 9.61 Å². The van der Waals surface area contributed by atoms with Crippen LogP contribution in [-0.4, -0.2) is 32.3 Å². The molecule has 24 heavy (non-hydrogen) atoms. The Balaban J connectivity index is 2.12. The number of ether oxygens (including phenoxy) is 1. The molecule has 0 bridgehead atoms. The van der Waals surface area contributed by atoms with Gasteiger partial charge in [0.1, 0.15) is 0 Å². The molecular weight excluding hydrogens is 353 g/mol. The Morgan fingerprint density at radius 1 is 1.29 bits per heavy atom. The van der Waals surface area contributed by atoms with E-state index in [1.807, 2.05) is 0 Å². The van der Waals surface area contributed by atoms with Gasteiger partial charge in [-0.05, 0) is 24.6 Å². The summed E-state index contributed by atoms with van der Waals surface area (Å²) in [5.41, 5.74) is 1.48. The summed E-state index contributed by atoms with van der Waals surface area (Å²) in [6.45, 7) is 1.91. The van der Waals surface area contributed by atoms with Crippen molar-refractivity contribution < 1.29 is 14.6 Å². The number of halogens is 2. The maximum Gasteiger partial charge on any atom is 0.357 e. The normalized spacial score (nSPS) is 11.0. The zero-order chi connectivity index (χ0) is 17.3. The van der Waals surface area contributed by atoms with E-state index in [-0.39, 0.29) is 24.6 Å². The van der Waals surface area contributed by atoms with Crippen LogP contribution in [0.25, 0.3) is 5.65 Å². The first-order valence-corrected chi connectivity index (χ1v) is 7.93. The molecule has 0 aliphatic rings. The molecule has 124 valence electrons. The van der Waals surface area contributed by atoms with Gasteiger partial charge in [-0.1, -0.05) is 29.3 Å². The first-order chi connectivity index (χ1) is 11.5. The van der Waals surface area contributed by atoms with Crippen molar-refractivity contribution in [2.24, 2.45) is 0 Å². The fraction of sp³-hybridized carbons (Fsp3) is 0.188. The van der Waals surface area contributed by atoms with Gasteiger partial charge in [0.2, 0.25) is 5.88 Å². The van der Waals surface area contributed by atoms with Gasteiger partial charge in [0.25, 0.3) is 0 Å². The minimum absolute atomic E-state index is 0.0495. The molecule has 0 atom stereocenters. The molecule has 0 fully saturated rings. The van der Waals surface area contributed by atoms with Gasteiger partial charge in [0, 0.05) is 12.5 Å². The number of aromatic hydroxyl groups is 1. The molecule has 0 radical (unpaired) electrons. The van der Waals surface area contributed by atoms with Crippen molar-refractivity contribution in [3.05, 3.63) is 57.3 Å². The molecule has 2 aromatic heterocycles. The van der Waals surface area contributed by atoms with E-state index in [0.717, 1.165) is 5.56 Å². The molecule has 1 aromatic carbocycles. The predicted octanol–water partition coefficient (Wildman–Crippen LogP) is 3.51. The maximum absolute atomic E-state index is 12.2. The molecule has 2 heterocycles. The van der Waals surface area contributed by atoms with E-state index in [1.54, 1.807) is 31.2 Å². The van der Waals surface area contributed by atoms with E-state index in [0.29, 0.717) is 21.3 Å². The zero-order valence-corrected chi connectivity index (χ0v) is 14.2. The molecule has 0 amide bonds. The third-order valence-electron chi connectivity index (χ3n) is 3.44. The second-order valence-corrected chi connectivity index (χ2v) is 5.82. The SMILES string of the molecule is CCOC(=O)c1nc2ccnn2c(O)c1Cc1ccc(Cl)c(Cl)c1. The Labute approximate surface area is 147 Å². The predicted molar refractivity (Wildman–Crippen MR) is 89.9 cm³/mol. The van der Waals surface area contributed by atoms with Crippen LogP contribution in [0.4, 0.5) is 0 Å². The second-order valence-electron chi connectivity index (χ2n) is 5.01. The van der Waals surface area contributed by atoms with Crippen LogP contribution < -0.4 is 0 Å². The number of aromatic nitrogens is 3. The lowest BCUT2D eigenvalue weighted by atomic mass is 10.0. The van der Waals surface area contributed by atoms with Crippen molar-refractivity contribution in [2.75, 3.05) is 6.61 Å². The summed E-state index contributed by atoms with van der Waals surface area (Å²) in [5.74, 6) is -0.773. The van der Waals surface area contributed by atoms with Crippen molar-refractivity contribution in [2.45, 2.75) is 13.3 Å². The number of carbonyl (C=O) groups is 1. The van der Waals surface area contributed by atoms with E-state index in [2.05, 4.69) is 10.1 Å². The first-order valence-electron chi connectivity index (χ1n) is 7.18. The number of esters is 1. The molecule has 0 unspecified atom stereocenters. The van der Waals surface area contributed by atoms with E-state index in [9.17, 15) is 9.90 Å². The number of hydrogen-bond acceptors (Lipinski definition) is 5. The summed E-state index contributed by atoms with van der Waals surface area (Å²) in [4.78, 5) is 16.5. The summed E-state index contributed by atoms with van der Waals surface area (Å²) in [6.07, 6.45) is 1.71. The van der Waals surface area contributed by atoms with Crippen LogP contribution >= 0.6 is 23.2 Å². The van der Waals surface area contributed by atoms with Crippen LogP contribution in [0.15, 0.2) is 30.5 Å². The molecule has 3 rings (SSSR count). The molecule has 8 heteroatoms. The fourth-order valence-corrected chi connectivity index (χ4v) is 2.67. The molecule has 0 aliphatic heterocycles. The third kappa shape index (κ3) is 3.02. The van der Waals surface area contributed by atoms with Crippen molar-refractivity contribution in [3.63, 3.8) is 0 Å². The highest BCUT2D eigenvalue weighted by Crippen LogP contribution is 2.28. The smallest absolute Gasteiger partial charge is 0.357 e. The highest BCUT2D eigenvalue weighted by Gasteiger charge is 2.22. The summed E-state index contributed by atoms with van der Waals surface area (Å²) in [7, 11) is 0. The monoisotopic (exact) mass is 365 g/mol. The lowest BCUT2D eigenvalue weighted by molar-refractivity contribution is 0.0517. The zero-order valence-electron chi connectivity index (χ0n) is 12.7. The van der Waals surface area contributed by atoms with Crippen molar-refractivity contribution in [3.8, 4) is 5.88 Å². The highest BCUT2D eigenvalue weighted by atomic mass is 35.5. The van der Waals surface area contributed by atoms with Crippen LogP contribution in [0.1, 0.15) is 28.5 Å². The Morgan fingerprint density at radius 3 is 2.79 bits per heavy atom. The number of fused-ring (bicyclic) bond motifs is 1. The van der Waals surface area contributed by atoms with E-state index >= 15 is 0 Å². The molecule has 0 saturated carbocycles. The maximum atomic E-state index is 12.2. The molecule has 0 spiro atoms. The molecule has 6 nitrogen and oxygen atoms in total. The Kier molecular flexibility index (Phi) is 4.59. The van der Waals surface area contributed by atoms with Crippen LogP contribution in [0.2, 0.25) is 10.0 Å². The van der Waals surface area contributed by atoms with Gasteiger partial charge in [-0.15, -0.1) is 0 Å². The fourth-order valence-electron chi connectivity index (χ4n) is 2.34. The van der Waals surface area contributed by atoms with E-state index in [4.69, 9.17) is 27.9 Å². The Morgan fingerprint density at radius 2 is 2.08 bits per heavy atom. The molecule has 3 aromatic rings. The summed E-state index contributed by atoms with van der Waals surface area (Å²) in [5, 5.41) is 15.3. The van der Waals surface area contributed by atoms with Gasteiger partial charge in [-0.25, -0.2) is 9.78 Å². The van der Waals surface area contributed by atoms with Crippen LogP contribution in [-0.2, 0) is 11.2 Å². The number of nitrogens with zero attached hydrogens (tertiary/aromatic N) is 3. The number of carbonyl (C=O) groups excluding carboxylic acids is 1. The largest absolute Gasteiger partial charge is 0.493 e. The van der Waals surface area contributed by atoms with Crippen LogP contribution in [0.3, 0.4) is 0 Å². The first kappa shape index (κ1) is 16.5. The minimum Gasteiger partial charge on any atom is -0.493 e. The molecule has 0 aliphatic carbocycles. The summed E-state index contributed by atoms with van der Waals surface area (Å²) in [6, 6.07) is 6.67. The molecule has 1 N–H and O–H groups in total. The average molecular weight is 366 g/mol. The molecule has 0 saturated heterocycles. The van der Waals surface area contributed by atoms with Gasteiger partial charge in [-0.3, -0.25) is 0 Å². The standard InChI is InChI=1S/C16H13Cl2N3O3/c1-2-24-16(23)14-10(7-9-3-4-11(17)12(18)8-9)15(22)21-13(20-14)5-6-19-21/h3-6,8,22H,2,7H2,1H3. The Bertz CT molecular complexity index is 924. The third-order valence-corrected chi connectivity index (χ3v) is 4.18. The van der Waals surface area contributed by atoms with E-state index < -0.39 is 5.97 Å². The summed E-state index contributed by atoms with van der Waals surface area (Å²) >= 11 is 11.9. The average Bonchev–Trinajstić information content (AvgIpc) is 3.02. The van der Waals surface area contributed by atoms with Gasteiger partial charge in [0.05, 0.1) is 28.4 Å². The number of rotatable bonds is 4. The van der Waals surface area contributed by atoms with Crippen LogP contribution in [0, 0.1) is 0 Å². The topological polar surface area (TPSA) is 76.7 Å². The highest BCUT2D eigenvalue weighted by molar-refractivity contribution is 6.42. The second kappa shape index (κ2) is 6.67. The van der Waals surface area contributed by atoms with Gasteiger partial charge < -0.3 is 9.84 Å². The Hall–Kier alpha value is -2.31. The van der Waals surface area contributed by atoms with Gasteiger partial charge >= 0.3 is 5.97 Å². The lowest BCUT2D eigenvalue weighted by Gasteiger charge is -2.12. The number of hydrogen-bond donors (Lipinski definition) is 1. The summed E-state index contributed by atoms with van der Waals surface area (Å²) < 4.78 is 6.30. The lowest BCUT2D eigenvalue weighted by Crippen LogP contribution is -2.13. The van der Waals surface area contributed by atoms with E-state index in [1.165, 1.54) is 10.7 Å².